The Morgan fingerprint density at radius 3 is 3.11 bits per heavy atom. The van der Waals surface area contributed by atoms with E-state index in [1.165, 1.54) is 11.8 Å². The van der Waals surface area contributed by atoms with Crippen LogP contribution in [-0.4, -0.2) is 10.9 Å². The molecule has 0 aromatic rings. The average Bonchev–Trinajstić information content (AvgIpc) is 2.17. The number of carbonyl (C=O) groups is 1. The van der Waals surface area contributed by atoms with E-state index in [1.807, 2.05) is 6.08 Å². The minimum Gasteiger partial charge on any atom is -0.287 e. The Kier molecular flexibility index (Phi) is 2.34. The van der Waals surface area contributed by atoms with Crippen LogP contribution in [0.4, 0.5) is 0 Å². The molecular weight excluding hydrogens is 132 g/mol. The van der Waals surface area contributed by atoms with Gasteiger partial charge in [-0.1, -0.05) is 17.8 Å². The minimum absolute atomic E-state index is 0.349. The zero-order chi connectivity index (χ0) is 6.69. The van der Waals surface area contributed by atoms with Gasteiger partial charge in [-0.2, -0.15) is 0 Å². The van der Waals surface area contributed by atoms with Crippen molar-refractivity contribution in [1.82, 2.24) is 0 Å². The molecular formula is C7H10OS. The first-order valence-electron chi connectivity index (χ1n) is 3.09. The quantitative estimate of drug-likeness (QED) is 0.547. The number of rotatable bonds is 2. The molecule has 2 heteroatoms. The number of thioether (sulfide) groups is 1. The fraction of sp³-hybridized carbons (Fsp3) is 0.571. The summed E-state index contributed by atoms with van der Waals surface area (Å²) < 4.78 is 0. The van der Waals surface area contributed by atoms with Gasteiger partial charge in [0.25, 0.3) is 0 Å². The molecule has 0 radical (unpaired) electrons. The summed E-state index contributed by atoms with van der Waals surface area (Å²) >= 11 is 1.46. The number of allylic oxidation sites excluding steroid dienone is 1. The fourth-order valence-electron chi connectivity index (χ4n) is 0.951. The van der Waals surface area contributed by atoms with E-state index in [9.17, 15) is 4.79 Å². The van der Waals surface area contributed by atoms with Crippen LogP contribution in [0, 0.1) is 5.92 Å². The zero-order valence-electron chi connectivity index (χ0n) is 5.30. The molecule has 50 valence electrons. The second-order valence-corrected chi connectivity index (χ2v) is 3.35. The molecule has 0 saturated carbocycles. The molecule has 1 aliphatic rings. The van der Waals surface area contributed by atoms with Crippen molar-refractivity contribution >= 4 is 16.9 Å². The average molecular weight is 142 g/mol. The standard InChI is InChI=1S/C7H10OS/c1-2-3-6-4-7(8)9-5-6/h2,6H,1,3-5H2. The van der Waals surface area contributed by atoms with E-state index in [0.29, 0.717) is 11.0 Å². The molecule has 0 aliphatic carbocycles. The number of carbonyl (C=O) groups excluding carboxylic acids is 1. The van der Waals surface area contributed by atoms with Gasteiger partial charge in [0.15, 0.2) is 5.12 Å². The lowest BCUT2D eigenvalue weighted by Gasteiger charge is -1.98. The molecule has 0 aromatic heterocycles. The third kappa shape index (κ3) is 1.86. The van der Waals surface area contributed by atoms with Crippen LogP contribution >= 0.6 is 11.8 Å². The van der Waals surface area contributed by atoms with Crippen LogP contribution in [0.1, 0.15) is 12.8 Å². The summed E-state index contributed by atoms with van der Waals surface area (Å²) in [5.74, 6) is 1.59. The lowest BCUT2D eigenvalue weighted by molar-refractivity contribution is -0.111. The summed E-state index contributed by atoms with van der Waals surface area (Å²) in [6.07, 6.45) is 3.65. The molecule has 1 atom stereocenters. The lowest BCUT2D eigenvalue weighted by atomic mass is 10.1. The molecule has 1 rings (SSSR count). The molecule has 0 N–H and O–H groups in total. The summed E-state index contributed by atoms with van der Waals surface area (Å²) in [6.45, 7) is 3.63. The zero-order valence-corrected chi connectivity index (χ0v) is 6.12. The second kappa shape index (κ2) is 3.06. The highest BCUT2D eigenvalue weighted by atomic mass is 32.2. The van der Waals surface area contributed by atoms with Gasteiger partial charge in [0.2, 0.25) is 0 Å². The van der Waals surface area contributed by atoms with E-state index in [4.69, 9.17) is 0 Å². The maximum absolute atomic E-state index is 10.7. The Morgan fingerprint density at radius 2 is 2.67 bits per heavy atom. The fourth-order valence-corrected chi connectivity index (χ4v) is 1.98. The highest BCUT2D eigenvalue weighted by Crippen LogP contribution is 2.27. The van der Waals surface area contributed by atoms with Crippen molar-refractivity contribution in [3.05, 3.63) is 12.7 Å². The summed E-state index contributed by atoms with van der Waals surface area (Å²) in [5, 5.41) is 0.349. The van der Waals surface area contributed by atoms with E-state index < -0.39 is 0 Å². The van der Waals surface area contributed by atoms with E-state index in [0.717, 1.165) is 18.6 Å². The third-order valence-electron chi connectivity index (χ3n) is 1.44. The van der Waals surface area contributed by atoms with Crippen LogP contribution in [0.5, 0.6) is 0 Å². The van der Waals surface area contributed by atoms with Crippen molar-refractivity contribution in [2.24, 2.45) is 5.92 Å². The minimum atomic E-state index is 0.349. The van der Waals surface area contributed by atoms with Gasteiger partial charge in [0.05, 0.1) is 0 Å². The van der Waals surface area contributed by atoms with Gasteiger partial charge in [0, 0.05) is 12.2 Å². The Morgan fingerprint density at radius 1 is 1.89 bits per heavy atom. The molecule has 9 heavy (non-hydrogen) atoms. The van der Waals surface area contributed by atoms with Crippen LogP contribution in [0.15, 0.2) is 12.7 Å². The molecule has 1 heterocycles. The monoisotopic (exact) mass is 142 g/mol. The molecule has 1 aliphatic heterocycles. The Labute approximate surface area is 59.5 Å². The van der Waals surface area contributed by atoms with E-state index in [1.54, 1.807) is 0 Å². The third-order valence-corrected chi connectivity index (χ3v) is 2.56. The largest absolute Gasteiger partial charge is 0.287 e. The van der Waals surface area contributed by atoms with Crippen molar-refractivity contribution in [3.63, 3.8) is 0 Å². The molecule has 1 saturated heterocycles. The predicted molar refractivity (Wildman–Crippen MR) is 40.4 cm³/mol. The Balaban J connectivity index is 2.29. The molecule has 0 amide bonds. The first-order valence-corrected chi connectivity index (χ1v) is 4.08. The van der Waals surface area contributed by atoms with Crippen LogP contribution < -0.4 is 0 Å². The summed E-state index contributed by atoms with van der Waals surface area (Å²) in [6, 6.07) is 0. The van der Waals surface area contributed by atoms with Crippen molar-refractivity contribution in [2.45, 2.75) is 12.8 Å². The molecule has 1 fully saturated rings. The van der Waals surface area contributed by atoms with Gasteiger partial charge in [0.1, 0.15) is 0 Å². The van der Waals surface area contributed by atoms with Gasteiger partial charge in [-0.25, -0.2) is 0 Å². The van der Waals surface area contributed by atoms with Crippen LogP contribution in [0.2, 0.25) is 0 Å². The Bertz CT molecular complexity index is 131. The van der Waals surface area contributed by atoms with Gasteiger partial charge in [-0.15, -0.1) is 6.58 Å². The summed E-state index contributed by atoms with van der Waals surface area (Å²) in [5.41, 5.74) is 0. The smallest absolute Gasteiger partial charge is 0.189 e. The van der Waals surface area contributed by atoms with E-state index in [2.05, 4.69) is 6.58 Å². The van der Waals surface area contributed by atoms with Crippen molar-refractivity contribution in [1.29, 1.82) is 0 Å². The second-order valence-electron chi connectivity index (χ2n) is 2.28. The maximum Gasteiger partial charge on any atom is 0.189 e. The van der Waals surface area contributed by atoms with Crippen molar-refractivity contribution in [3.8, 4) is 0 Å². The topological polar surface area (TPSA) is 17.1 Å². The normalized spacial score (nSPS) is 26.7. The Hall–Kier alpha value is -0.240. The molecule has 1 unspecified atom stereocenters. The van der Waals surface area contributed by atoms with E-state index >= 15 is 0 Å². The summed E-state index contributed by atoms with van der Waals surface area (Å²) in [7, 11) is 0. The van der Waals surface area contributed by atoms with Gasteiger partial charge in [-0.3, -0.25) is 4.79 Å². The molecule has 1 nitrogen and oxygen atoms in total. The van der Waals surface area contributed by atoms with Crippen LogP contribution in [0.25, 0.3) is 0 Å². The maximum atomic E-state index is 10.7. The van der Waals surface area contributed by atoms with Crippen LogP contribution in [-0.2, 0) is 4.79 Å². The highest BCUT2D eigenvalue weighted by Gasteiger charge is 2.20. The first kappa shape index (κ1) is 6.87. The number of hydrogen-bond donors (Lipinski definition) is 0. The predicted octanol–water partition coefficient (Wildman–Crippen LogP) is 1.84. The van der Waals surface area contributed by atoms with Gasteiger partial charge >= 0.3 is 0 Å². The van der Waals surface area contributed by atoms with E-state index in [-0.39, 0.29) is 0 Å². The van der Waals surface area contributed by atoms with Crippen molar-refractivity contribution in [2.75, 3.05) is 5.75 Å². The molecule has 0 spiro atoms. The summed E-state index contributed by atoms with van der Waals surface area (Å²) in [4.78, 5) is 10.7. The first-order chi connectivity index (χ1) is 4.33. The highest BCUT2D eigenvalue weighted by molar-refractivity contribution is 8.14. The van der Waals surface area contributed by atoms with Gasteiger partial charge in [-0.05, 0) is 12.3 Å². The molecule has 0 bridgehead atoms. The van der Waals surface area contributed by atoms with Crippen LogP contribution in [0.3, 0.4) is 0 Å². The number of hydrogen-bond acceptors (Lipinski definition) is 2. The van der Waals surface area contributed by atoms with Crippen molar-refractivity contribution < 1.29 is 4.79 Å². The SMILES string of the molecule is C=CCC1CSC(=O)C1. The molecule has 0 aromatic carbocycles. The van der Waals surface area contributed by atoms with Gasteiger partial charge < -0.3 is 0 Å². The lowest BCUT2D eigenvalue weighted by Crippen LogP contribution is -1.95.